The van der Waals surface area contributed by atoms with Crippen molar-refractivity contribution in [2.24, 2.45) is 0 Å². The van der Waals surface area contributed by atoms with Crippen LogP contribution in [0.25, 0.3) is 0 Å². The summed E-state index contributed by atoms with van der Waals surface area (Å²) in [6.45, 7) is 3.13. The summed E-state index contributed by atoms with van der Waals surface area (Å²) >= 11 is 3.16. The molecule has 0 radical (unpaired) electrons. The van der Waals surface area contributed by atoms with Crippen LogP contribution in [0.4, 0.5) is 14.9 Å². The first-order chi connectivity index (χ1) is 8.69. The topological polar surface area (TPSA) is 78.4 Å². The Morgan fingerprint density at radius 1 is 1.42 bits per heavy atom. The molecule has 1 aromatic rings. The van der Waals surface area contributed by atoms with Crippen LogP contribution in [0.3, 0.4) is 0 Å². The normalized spacial score (nSPS) is 10.9. The van der Waals surface area contributed by atoms with Crippen molar-refractivity contribution in [2.45, 2.75) is 25.8 Å². The molecule has 0 aliphatic carbocycles. The minimum atomic E-state index is -1.03. The molecule has 0 heterocycles. The largest absolute Gasteiger partial charge is 0.481 e. The van der Waals surface area contributed by atoms with Gasteiger partial charge in [0.25, 0.3) is 0 Å². The summed E-state index contributed by atoms with van der Waals surface area (Å²) in [5, 5.41) is 13.5. The van der Waals surface area contributed by atoms with Crippen LogP contribution in [-0.4, -0.2) is 22.6 Å². The van der Waals surface area contributed by atoms with Crippen molar-refractivity contribution in [3.63, 3.8) is 0 Å². The predicted octanol–water partition coefficient (Wildman–Crippen LogP) is 2.96. The second-order valence-corrected chi connectivity index (χ2v) is 5.57. The van der Waals surface area contributed by atoms with Crippen LogP contribution < -0.4 is 10.6 Å². The average molecular weight is 333 g/mol. The maximum Gasteiger partial charge on any atom is 0.319 e. The van der Waals surface area contributed by atoms with Crippen LogP contribution in [0.15, 0.2) is 22.7 Å². The van der Waals surface area contributed by atoms with Crippen LogP contribution in [0.1, 0.15) is 20.3 Å². The molecule has 0 unspecified atom stereocenters. The third kappa shape index (κ3) is 5.25. The monoisotopic (exact) mass is 332 g/mol. The Morgan fingerprint density at radius 2 is 2.05 bits per heavy atom. The molecule has 1 aromatic carbocycles. The molecule has 5 nitrogen and oxygen atoms in total. The number of carbonyl (C=O) groups is 2. The number of carboxylic acid groups (broad SMARTS) is 1. The minimum absolute atomic E-state index is 0.0120. The number of urea groups is 1. The highest BCUT2D eigenvalue weighted by Gasteiger charge is 2.24. The Hall–Kier alpha value is -1.63. The predicted molar refractivity (Wildman–Crippen MR) is 72.6 cm³/mol. The van der Waals surface area contributed by atoms with Crippen molar-refractivity contribution < 1.29 is 19.1 Å². The molecular formula is C12H14BrFN2O3. The first-order valence-electron chi connectivity index (χ1n) is 5.45. The lowest BCUT2D eigenvalue weighted by atomic mass is 10.0. The van der Waals surface area contributed by atoms with Gasteiger partial charge in [0.1, 0.15) is 5.82 Å². The Bertz CT molecular complexity index is 506. The molecular weight excluding hydrogens is 319 g/mol. The molecule has 0 bridgehead atoms. The number of nitrogens with one attached hydrogen (secondary N) is 2. The standard InChI is InChI=1S/C12H14BrFN2O3/c1-12(2,6-10(17)18)16-11(19)15-9-5-7(13)3-4-8(9)14/h3-5H,6H2,1-2H3,(H,17,18)(H2,15,16,19). The third-order valence-electron chi connectivity index (χ3n) is 2.22. The van der Waals surface area contributed by atoms with Gasteiger partial charge in [0, 0.05) is 10.0 Å². The van der Waals surface area contributed by atoms with E-state index in [0.29, 0.717) is 4.47 Å². The maximum atomic E-state index is 13.4. The Kier molecular flexibility index (Phi) is 4.88. The molecule has 0 aliphatic rings. The van der Waals surface area contributed by atoms with Gasteiger partial charge in [-0.25, -0.2) is 9.18 Å². The van der Waals surface area contributed by atoms with Crippen LogP contribution in [0, 0.1) is 5.82 Å². The molecule has 19 heavy (non-hydrogen) atoms. The molecule has 3 N–H and O–H groups in total. The van der Waals surface area contributed by atoms with Gasteiger partial charge in [-0.1, -0.05) is 15.9 Å². The van der Waals surface area contributed by atoms with E-state index < -0.39 is 23.4 Å². The number of rotatable bonds is 4. The summed E-state index contributed by atoms with van der Waals surface area (Å²) in [7, 11) is 0. The molecule has 7 heteroatoms. The highest BCUT2D eigenvalue weighted by molar-refractivity contribution is 9.10. The van der Waals surface area contributed by atoms with E-state index in [9.17, 15) is 14.0 Å². The zero-order chi connectivity index (χ0) is 14.6. The van der Waals surface area contributed by atoms with Crippen LogP contribution in [0.2, 0.25) is 0 Å². The quantitative estimate of drug-likeness (QED) is 0.793. The average Bonchev–Trinajstić information content (AvgIpc) is 2.20. The Labute approximate surface area is 118 Å². The van der Waals surface area contributed by atoms with E-state index in [1.807, 2.05) is 0 Å². The molecule has 0 saturated heterocycles. The number of hydrogen-bond acceptors (Lipinski definition) is 2. The number of halogens is 2. The van der Waals surface area contributed by atoms with Gasteiger partial charge in [-0.05, 0) is 32.0 Å². The minimum Gasteiger partial charge on any atom is -0.481 e. The SMILES string of the molecule is CC(C)(CC(=O)O)NC(=O)Nc1cc(Br)ccc1F. The fraction of sp³-hybridized carbons (Fsp3) is 0.333. The lowest BCUT2D eigenvalue weighted by Gasteiger charge is -2.24. The Morgan fingerprint density at radius 3 is 2.63 bits per heavy atom. The molecule has 0 atom stereocenters. The van der Waals surface area contributed by atoms with Gasteiger partial charge in [0.2, 0.25) is 0 Å². The molecule has 0 spiro atoms. The highest BCUT2D eigenvalue weighted by atomic mass is 79.9. The second-order valence-electron chi connectivity index (χ2n) is 4.66. The number of carbonyl (C=O) groups excluding carboxylic acids is 1. The smallest absolute Gasteiger partial charge is 0.319 e. The molecule has 104 valence electrons. The fourth-order valence-corrected chi connectivity index (χ4v) is 1.84. The number of amides is 2. The lowest BCUT2D eigenvalue weighted by molar-refractivity contribution is -0.138. The molecule has 1 rings (SSSR count). The second kappa shape index (κ2) is 6.01. The van der Waals surface area contributed by atoms with Crippen molar-refractivity contribution in [2.75, 3.05) is 5.32 Å². The summed E-state index contributed by atoms with van der Waals surface area (Å²) in [4.78, 5) is 22.3. The summed E-state index contributed by atoms with van der Waals surface area (Å²) in [6.07, 6.45) is -0.235. The van der Waals surface area contributed by atoms with Gasteiger partial charge in [-0.2, -0.15) is 0 Å². The van der Waals surface area contributed by atoms with Gasteiger partial charge in [-0.3, -0.25) is 4.79 Å². The van der Waals surface area contributed by atoms with Gasteiger partial charge >= 0.3 is 12.0 Å². The van der Waals surface area contributed by atoms with Crippen LogP contribution >= 0.6 is 15.9 Å². The molecule has 0 fully saturated rings. The number of hydrogen-bond donors (Lipinski definition) is 3. The number of aliphatic carboxylic acids is 1. The third-order valence-corrected chi connectivity index (χ3v) is 2.71. The first-order valence-corrected chi connectivity index (χ1v) is 6.25. The van der Waals surface area contributed by atoms with Crippen molar-refractivity contribution in [3.8, 4) is 0 Å². The number of benzene rings is 1. The van der Waals surface area contributed by atoms with E-state index in [2.05, 4.69) is 26.6 Å². The van der Waals surface area contributed by atoms with Gasteiger partial charge in [0.05, 0.1) is 12.1 Å². The zero-order valence-corrected chi connectivity index (χ0v) is 12.0. The molecule has 0 aromatic heterocycles. The number of anilines is 1. The van der Waals surface area contributed by atoms with Gasteiger partial charge < -0.3 is 15.7 Å². The zero-order valence-electron chi connectivity index (χ0n) is 10.5. The number of carboxylic acids is 1. The van der Waals surface area contributed by atoms with E-state index in [-0.39, 0.29) is 12.1 Å². The van der Waals surface area contributed by atoms with Crippen molar-refractivity contribution in [1.82, 2.24) is 5.32 Å². The van der Waals surface area contributed by atoms with Crippen molar-refractivity contribution in [3.05, 3.63) is 28.5 Å². The van der Waals surface area contributed by atoms with Crippen molar-refractivity contribution in [1.29, 1.82) is 0 Å². The fourth-order valence-electron chi connectivity index (χ4n) is 1.48. The summed E-state index contributed by atoms with van der Waals surface area (Å²) in [5.74, 6) is -1.60. The Balaban J connectivity index is 2.70. The van der Waals surface area contributed by atoms with E-state index in [1.165, 1.54) is 18.2 Å². The maximum absolute atomic E-state index is 13.4. The summed E-state index contributed by atoms with van der Waals surface area (Å²) in [5.41, 5.74) is -0.920. The first kappa shape index (κ1) is 15.4. The highest BCUT2D eigenvalue weighted by Crippen LogP contribution is 2.20. The summed E-state index contributed by atoms with van der Waals surface area (Å²) < 4.78 is 14.0. The van der Waals surface area contributed by atoms with Crippen LogP contribution in [0.5, 0.6) is 0 Å². The van der Waals surface area contributed by atoms with Crippen molar-refractivity contribution >= 4 is 33.6 Å². The van der Waals surface area contributed by atoms with E-state index in [0.717, 1.165) is 0 Å². The van der Waals surface area contributed by atoms with E-state index in [4.69, 9.17) is 5.11 Å². The van der Waals surface area contributed by atoms with Gasteiger partial charge in [-0.15, -0.1) is 0 Å². The molecule has 2 amide bonds. The van der Waals surface area contributed by atoms with E-state index in [1.54, 1.807) is 13.8 Å². The van der Waals surface area contributed by atoms with Crippen LogP contribution in [-0.2, 0) is 4.79 Å². The lowest BCUT2D eigenvalue weighted by Crippen LogP contribution is -2.46. The molecule has 0 aliphatic heterocycles. The van der Waals surface area contributed by atoms with Gasteiger partial charge in [0.15, 0.2) is 0 Å². The molecule has 0 saturated carbocycles. The van der Waals surface area contributed by atoms with E-state index >= 15 is 0 Å². The summed E-state index contributed by atoms with van der Waals surface area (Å²) in [6, 6.07) is 3.47.